The molecule has 0 aliphatic heterocycles. The molecule has 3 nitrogen and oxygen atoms in total. The Bertz CT molecular complexity index is 419. The van der Waals surface area contributed by atoms with Crippen molar-refractivity contribution in [3.8, 4) is 11.5 Å². The Morgan fingerprint density at radius 1 is 1.16 bits per heavy atom. The summed E-state index contributed by atoms with van der Waals surface area (Å²) in [5.41, 5.74) is 1.15. The summed E-state index contributed by atoms with van der Waals surface area (Å²) in [4.78, 5) is 0. The fourth-order valence-corrected chi connectivity index (χ4v) is 2.55. The lowest BCUT2D eigenvalue weighted by atomic mass is 9.82. The van der Waals surface area contributed by atoms with Crippen LogP contribution in [0.1, 0.15) is 46.6 Å². The van der Waals surface area contributed by atoms with Crippen molar-refractivity contribution in [3.63, 3.8) is 0 Å². The molecule has 2 N–H and O–H groups in total. The van der Waals surface area contributed by atoms with Gasteiger partial charge in [0, 0.05) is 17.6 Å². The van der Waals surface area contributed by atoms with Crippen LogP contribution in [0, 0.1) is 5.41 Å². The molecular formula is C16H27NO2. The summed E-state index contributed by atoms with van der Waals surface area (Å²) < 4.78 is 5.18. The number of rotatable bonds is 5. The second-order valence-corrected chi connectivity index (χ2v) is 6.97. The van der Waals surface area contributed by atoms with Crippen LogP contribution in [0.25, 0.3) is 0 Å². The standard InChI is InChI=1S/C16H27NO2/c1-15(2,3)11-16(4,5)17-10-12-9-13(19-6)7-8-14(12)18/h7-9,17-18H,10-11H2,1-6H3. The maximum Gasteiger partial charge on any atom is 0.120 e. The van der Waals surface area contributed by atoms with Crippen LogP contribution < -0.4 is 10.1 Å². The van der Waals surface area contributed by atoms with Crippen LogP contribution in [-0.2, 0) is 6.54 Å². The zero-order chi connectivity index (χ0) is 14.7. The minimum Gasteiger partial charge on any atom is -0.508 e. The van der Waals surface area contributed by atoms with E-state index in [4.69, 9.17) is 4.74 Å². The molecule has 1 rings (SSSR count). The van der Waals surface area contributed by atoms with Crippen molar-refractivity contribution in [1.29, 1.82) is 0 Å². The summed E-state index contributed by atoms with van der Waals surface area (Å²) >= 11 is 0. The van der Waals surface area contributed by atoms with Crippen LogP contribution in [0.4, 0.5) is 0 Å². The Hall–Kier alpha value is -1.22. The van der Waals surface area contributed by atoms with Gasteiger partial charge in [-0.05, 0) is 43.9 Å². The predicted octanol–water partition coefficient (Wildman–Crippen LogP) is 3.71. The quantitative estimate of drug-likeness (QED) is 0.853. The van der Waals surface area contributed by atoms with E-state index < -0.39 is 0 Å². The molecule has 0 aliphatic rings. The third kappa shape index (κ3) is 5.52. The molecule has 1 aromatic rings. The maximum absolute atomic E-state index is 9.86. The number of phenols is 1. The van der Waals surface area contributed by atoms with Crippen molar-refractivity contribution < 1.29 is 9.84 Å². The number of hydrogen-bond acceptors (Lipinski definition) is 3. The second kappa shape index (κ2) is 5.83. The highest BCUT2D eigenvalue weighted by molar-refractivity contribution is 5.39. The first kappa shape index (κ1) is 15.8. The fourth-order valence-electron chi connectivity index (χ4n) is 2.55. The lowest BCUT2D eigenvalue weighted by Gasteiger charge is -2.33. The topological polar surface area (TPSA) is 41.5 Å². The first-order valence-corrected chi connectivity index (χ1v) is 6.74. The zero-order valence-corrected chi connectivity index (χ0v) is 13.0. The van der Waals surface area contributed by atoms with Gasteiger partial charge in [-0.25, -0.2) is 0 Å². The molecule has 0 aromatic heterocycles. The first-order valence-electron chi connectivity index (χ1n) is 6.74. The van der Waals surface area contributed by atoms with Crippen LogP contribution in [0.2, 0.25) is 0 Å². The van der Waals surface area contributed by atoms with Crippen molar-refractivity contribution in [2.75, 3.05) is 7.11 Å². The third-order valence-corrected chi connectivity index (χ3v) is 3.02. The van der Waals surface area contributed by atoms with Gasteiger partial charge in [-0.3, -0.25) is 0 Å². The Balaban J connectivity index is 2.70. The molecule has 1 aromatic carbocycles. The lowest BCUT2D eigenvalue weighted by Crippen LogP contribution is -2.41. The Labute approximate surface area is 117 Å². The molecular weight excluding hydrogens is 238 g/mol. The summed E-state index contributed by atoms with van der Waals surface area (Å²) in [6, 6.07) is 5.31. The van der Waals surface area contributed by atoms with E-state index in [1.54, 1.807) is 19.2 Å². The highest BCUT2D eigenvalue weighted by Crippen LogP contribution is 2.28. The van der Waals surface area contributed by atoms with Crippen LogP contribution >= 0.6 is 0 Å². The average molecular weight is 265 g/mol. The van der Waals surface area contributed by atoms with E-state index in [1.165, 1.54) is 0 Å². The zero-order valence-electron chi connectivity index (χ0n) is 13.0. The van der Waals surface area contributed by atoms with Gasteiger partial charge >= 0.3 is 0 Å². The van der Waals surface area contributed by atoms with Gasteiger partial charge < -0.3 is 15.2 Å². The number of phenolic OH excluding ortho intramolecular Hbond substituents is 1. The highest BCUT2D eigenvalue weighted by atomic mass is 16.5. The highest BCUT2D eigenvalue weighted by Gasteiger charge is 2.25. The number of methoxy groups -OCH3 is 1. The molecule has 0 spiro atoms. The summed E-state index contributed by atoms with van der Waals surface area (Å²) in [5, 5.41) is 13.4. The van der Waals surface area contributed by atoms with Gasteiger partial charge in [-0.15, -0.1) is 0 Å². The minimum atomic E-state index is 0.0216. The monoisotopic (exact) mass is 265 g/mol. The van der Waals surface area contributed by atoms with Crippen LogP contribution in [0.3, 0.4) is 0 Å². The number of hydrogen-bond donors (Lipinski definition) is 2. The van der Waals surface area contributed by atoms with Gasteiger partial charge in [-0.2, -0.15) is 0 Å². The van der Waals surface area contributed by atoms with E-state index in [2.05, 4.69) is 39.9 Å². The smallest absolute Gasteiger partial charge is 0.120 e. The minimum absolute atomic E-state index is 0.0216. The summed E-state index contributed by atoms with van der Waals surface area (Å²) in [5.74, 6) is 1.07. The van der Waals surface area contributed by atoms with Gasteiger partial charge in [0.2, 0.25) is 0 Å². The molecule has 3 heteroatoms. The van der Waals surface area contributed by atoms with Crippen LogP contribution in [0.5, 0.6) is 11.5 Å². The van der Waals surface area contributed by atoms with Crippen molar-refractivity contribution in [1.82, 2.24) is 5.32 Å². The van der Waals surface area contributed by atoms with Gasteiger partial charge in [0.25, 0.3) is 0 Å². The Morgan fingerprint density at radius 2 is 1.79 bits per heavy atom. The van der Waals surface area contributed by atoms with Crippen molar-refractivity contribution in [3.05, 3.63) is 23.8 Å². The first-order chi connectivity index (χ1) is 8.63. The molecule has 0 heterocycles. The molecule has 0 atom stereocenters. The van der Waals surface area contributed by atoms with E-state index in [0.29, 0.717) is 12.3 Å². The summed E-state index contributed by atoms with van der Waals surface area (Å²) in [6.45, 7) is 11.7. The molecule has 108 valence electrons. The van der Waals surface area contributed by atoms with Crippen molar-refractivity contribution >= 4 is 0 Å². The molecule has 0 amide bonds. The number of nitrogens with one attached hydrogen (secondary N) is 1. The van der Waals surface area contributed by atoms with E-state index in [0.717, 1.165) is 17.7 Å². The van der Waals surface area contributed by atoms with Crippen molar-refractivity contribution in [2.24, 2.45) is 5.41 Å². The van der Waals surface area contributed by atoms with Gasteiger partial charge in [-0.1, -0.05) is 20.8 Å². The number of benzene rings is 1. The normalized spacial score (nSPS) is 12.5. The average Bonchev–Trinajstić information content (AvgIpc) is 2.25. The van der Waals surface area contributed by atoms with E-state index >= 15 is 0 Å². The molecule has 0 saturated carbocycles. The summed E-state index contributed by atoms with van der Waals surface area (Å²) in [6.07, 6.45) is 1.06. The van der Waals surface area contributed by atoms with Gasteiger partial charge in [0.05, 0.1) is 7.11 Å². The largest absolute Gasteiger partial charge is 0.508 e. The SMILES string of the molecule is COc1ccc(O)c(CNC(C)(C)CC(C)(C)C)c1. The molecule has 0 fully saturated rings. The maximum atomic E-state index is 9.86. The number of aromatic hydroxyl groups is 1. The van der Waals surface area contributed by atoms with E-state index in [9.17, 15) is 5.11 Å². The molecule has 0 unspecified atom stereocenters. The molecule has 0 aliphatic carbocycles. The number of ether oxygens (including phenoxy) is 1. The summed E-state index contributed by atoms with van der Waals surface area (Å²) in [7, 11) is 1.63. The molecule has 0 saturated heterocycles. The van der Waals surface area contributed by atoms with Gasteiger partial charge in [0.15, 0.2) is 0 Å². The Morgan fingerprint density at radius 3 is 2.32 bits per heavy atom. The molecule has 0 bridgehead atoms. The third-order valence-electron chi connectivity index (χ3n) is 3.02. The molecule has 0 radical (unpaired) electrons. The van der Waals surface area contributed by atoms with E-state index in [-0.39, 0.29) is 11.0 Å². The second-order valence-electron chi connectivity index (χ2n) is 6.97. The van der Waals surface area contributed by atoms with Gasteiger partial charge in [0.1, 0.15) is 11.5 Å². The fraction of sp³-hybridized carbons (Fsp3) is 0.625. The van der Waals surface area contributed by atoms with Crippen molar-refractivity contribution in [2.45, 2.75) is 53.1 Å². The lowest BCUT2D eigenvalue weighted by molar-refractivity contribution is 0.240. The predicted molar refractivity (Wildman–Crippen MR) is 79.6 cm³/mol. The van der Waals surface area contributed by atoms with Crippen LogP contribution in [0.15, 0.2) is 18.2 Å². The Kier molecular flexibility index (Phi) is 4.86. The molecule has 19 heavy (non-hydrogen) atoms. The van der Waals surface area contributed by atoms with E-state index in [1.807, 2.05) is 6.07 Å². The van der Waals surface area contributed by atoms with Crippen LogP contribution in [-0.4, -0.2) is 17.8 Å².